The van der Waals surface area contributed by atoms with Crippen molar-refractivity contribution in [1.82, 2.24) is 5.32 Å². The van der Waals surface area contributed by atoms with Crippen LogP contribution in [0.2, 0.25) is 0 Å². The van der Waals surface area contributed by atoms with Gasteiger partial charge in [0.2, 0.25) is 15.9 Å². The van der Waals surface area contributed by atoms with E-state index in [0.29, 0.717) is 0 Å². The number of rotatable bonds is 6. The molecule has 2 aromatic rings. The minimum atomic E-state index is -3.73. The third-order valence-electron chi connectivity index (χ3n) is 3.74. The molecule has 0 spiro atoms. The summed E-state index contributed by atoms with van der Waals surface area (Å²) in [5.41, 5.74) is 2.13. The van der Waals surface area contributed by atoms with E-state index in [4.69, 9.17) is 0 Å². The second-order valence-electron chi connectivity index (χ2n) is 5.95. The molecular formula is C18H21FN2O3S. The van der Waals surface area contributed by atoms with Crippen molar-refractivity contribution in [1.29, 1.82) is 0 Å². The first-order valence-corrected chi connectivity index (χ1v) is 9.61. The quantitative estimate of drug-likeness (QED) is 0.857. The molecule has 134 valence electrons. The summed E-state index contributed by atoms with van der Waals surface area (Å²) in [7, 11) is -3.73. The standard InChI is InChI=1S/C18H21FN2O3S/c1-13-7-9-15(10-8-13)14(2)20-18(22)12-21(25(3,23)24)17-6-4-5-16(19)11-17/h4-11,14H,12H2,1-3H3,(H,20,22). The SMILES string of the molecule is Cc1ccc(C(C)NC(=O)CN(c2cccc(F)c2)S(C)(=O)=O)cc1. The fourth-order valence-electron chi connectivity index (χ4n) is 2.39. The summed E-state index contributed by atoms with van der Waals surface area (Å²) >= 11 is 0. The highest BCUT2D eigenvalue weighted by Crippen LogP contribution is 2.19. The number of hydrogen-bond acceptors (Lipinski definition) is 3. The molecule has 5 nitrogen and oxygen atoms in total. The Labute approximate surface area is 147 Å². The number of anilines is 1. The van der Waals surface area contributed by atoms with Crippen molar-refractivity contribution in [3.05, 3.63) is 65.5 Å². The van der Waals surface area contributed by atoms with Gasteiger partial charge in [-0.3, -0.25) is 9.10 Å². The lowest BCUT2D eigenvalue weighted by Crippen LogP contribution is -2.41. The molecule has 1 amide bonds. The number of aryl methyl sites for hydroxylation is 1. The summed E-state index contributed by atoms with van der Waals surface area (Å²) in [5, 5.41) is 2.76. The van der Waals surface area contributed by atoms with E-state index >= 15 is 0 Å². The topological polar surface area (TPSA) is 66.5 Å². The highest BCUT2D eigenvalue weighted by molar-refractivity contribution is 7.92. The zero-order chi connectivity index (χ0) is 18.6. The Hall–Kier alpha value is -2.41. The van der Waals surface area contributed by atoms with Gasteiger partial charge in [-0.1, -0.05) is 35.9 Å². The highest BCUT2D eigenvalue weighted by Gasteiger charge is 2.22. The fraction of sp³-hybridized carbons (Fsp3) is 0.278. The molecule has 2 aromatic carbocycles. The number of benzene rings is 2. The van der Waals surface area contributed by atoms with Crippen LogP contribution in [0.1, 0.15) is 24.1 Å². The highest BCUT2D eigenvalue weighted by atomic mass is 32.2. The van der Waals surface area contributed by atoms with Crippen LogP contribution in [0.5, 0.6) is 0 Å². The van der Waals surface area contributed by atoms with Crippen LogP contribution in [0.25, 0.3) is 0 Å². The maximum Gasteiger partial charge on any atom is 0.241 e. The van der Waals surface area contributed by atoms with Crippen LogP contribution < -0.4 is 9.62 Å². The van der Waals surface area contributed by atoms with Gasteiger partial charge in [-0.15, -0.1) is 0 Å². The molecule has 0 saturated carbocycles. The number of carbonyl (C=O) groups is 1. The van der Waals surface area contributed by atoms with Gasteiger partial charge in [-0.25, -0.2) is 12.8 Å². The van der Waals surface area contributed by atoms with Crippen molar-refractivity contribution < 1.29 is 17.6 Å². The summed E-state index contributed by atoms with van der Waals surface area (Å²) in [6.07, 6.45) is 0.981. The number of hydrogen-bond donors (Lipinski definition) is 1. The summed E-state index contributed by atoms with van der Waals surface area (Å²) in [5.74, 6) is -1.04. The van der Waals surface area contributed by atoms with E-state index in [0.717, 1.165) is 27.8 Å². The minimum Gasteiger partial charge on any atom is -0.348 e. The van der Waals surface area contributed by atoms with Crippen LogP contribution in [-0.2, 0) is 14.8 Å². The molecule has 1 atom stereocenters. The zero-order valence-electron chi connectivity index (χ0n) is 14.4. The number of nitrogens with zero attached hydrogens (tertiary/aromatic N) is 1. The zero-order valence-corrected chi connectivity index (χ0v) is 15.2. The third kappa shape index (κ3) is 5.29. The van der Waals surface area contributed by atoms with Crippen molar-refractivity contribution in [2.24, 2.45) is 0 Å². The van der Waals surface area contributed by atoms with Crippen molar-refractivity contribution in [3.63, 3.8) is 0 Å². The summed E-state index contributed by atoms with van der Waals surface area (Å²) in [4.78, 5) is 12.3. The van der Waals surface area contributed by atoms with Crippen LogP contribution in [0.3, 0.4) is 0 Å². The molecular weight excluding hydrogens is 343 g/mol. The minimum absolute atomic E-state index is 0.112. The lowest BCUT2D eigenvalue weighted by molar-refractivity contribution is -0.120. The van der Waals surface area contributed by atoms with Crippen molar-refractivity contribution in [2.75, 3.05) is 17.1 Å². The average Bonchev–Trinajstić information content (AvgIpc) is 2.52. The molecule has 1 N–H and O–H groups in total. The summed E-state index contributed by atoms with van der Waals surface area (Å²) in [6, 6.07) is 12.5. The average molecular weight is 364 g/mol. The maximum absolute atomic E-state index is 13.4. The maximum atomic E-state index is 13.4. The fourth-order valence-corrected chi connectivity index (χ4v) is 3.24. The largest absolute Gasteiger partial charge is 0.348 e. The molecule has 0 bridgehead atoms. The predicted octanol–water partition coefficient (Wildman–Crippen LogP) is 2.78. The normalized spacial score (nSPS) is 12.5. The molecule has 1 unspecified atom stereocenters. The van der Waals surface area contributed by atoms with Gasteiger partial charge in [0.1, 0.15) is 12.4 Å². The van der Waals surface area contributed by atoms with Crippen molar-refractivity contribution in [2.45, 2.75) is 19.9 Å². The Kier molecular flexibility index (Phi) is 5.79. The molecule has 2 rings (SSSR count). The molecule has 0 heterocycles. The molecule has 7 heteroatoms. The monoisotopic (exact) mass is 364 g/mol. The smallest absolute Gasteiger partial charge is 0.241 e. The van der Waals surface area contributed by atoms with Gasteiger partial charge < -0.3 is 5.32 Å². The van der Waals surface area contributed by atoms with E-state index in [1.54, 1.807) is 0 Å². The Bertz CT molecular complexity index is 851. The Morgan fingerprint density at radius 2 is 1.84 bits per heavy atom. The van der Waals surface area contributed by atoms with E-state index in [1.165, 1.54) is 18.2 Å². The van der Waals surface area contributed by atoms with Crippen LogP contribution in [0.15, 0.2) is 48.5 Å². The Balaban J connectivity index is 2.13. The number of nitrogens with one attached hydrogen (secondary N) is 1. The van der Waals surface area contributed by atoms with Gasteiger partial charge in [0.15, 0.2) is 0 Å². The first-order chi connectivity index (χ1) is 11.7. The number of halogens is 1. The predicted molar refractivity (Wildman–Crippen MR) is 96.3 cm³/mol. The van der Waals surface area contributed by atoms with Crippen LogP contribution in [0.4, 0.5) is 10.1 Å². The number of amides is 1. The molecule has 0 saturated heterocycles. The third-order valence-corrected chi connectivity index (χ3v) is 4.88. The van der Waals surface area contributed by atoms with Gasteiger partial charge >= 0.3 is 0 Å². The van der Waals surface area contributed by atoms with Gasteiger partial charge in [-0.2, -0.15) is 0 Å². The number of carbonyl (C=O) groups excluding carboxylic acids is 1. The van der Waals surface area contributed by atoms with Gasteiger partial charge in [0.05, 0.1) is 18.0 Å². The second kappa shape index (κ2) is 7.65. The lowest BCUT2D eigenvalue weighted by Gasteiger charge is -2.23. The molecule has 0 fully saturated rings. The van der Waals surface area contributed by atoms with E-state index in [1.807, 2.05) is 38.1 Å². The molecule has 0 aliphatic rings. The Morgan fingerprint density at radius 1 is 1.20 bits per heavy atom. The molecule has 0 aliphatic carbocycles. The second-order valence-corrected chi connectivity index (χ2v) is 7.86. The van der Waals surface area contributed by atoms with E-state index in [-0.39, 0.29) is 11.7 Å². The first-order valence-electron chi connectivity index (χ1n) is 7.76. The summed E-state index contributed by atoms with van der Waals surface area (Å²) < 4.78 is 38.3. The first kappa shape index (κ1) is 18.9. The van der Waals surface area contributed by atoms with Gasteiger partial charge in [0, 0.05) is 0 Å². The van der Waals surface area contributed by atoms with E-state index in [9.17, 15) is 17.6 Å². The van der Waals surface area contributed by atoms with Crippen molar-refractivity contribution >= 4 is 21.6 Å². The molecule has 25 heavy (non-hydrogen) atoms. The van der Waals surface area contributed by atoms with Crippen molar-refractivity contribution in [3.8, 4) is 0 Å². The van der Waals surface area contributed by atoms with Crippen LogP contribution in [0, 0.1) is 12.7 Å². The molecule has 0 radical (unpaired) electrons. The van der Waals surface area contributed by atoms with E-state index in [2.05, 4.69) is 5.32 Å². The van der Waals surface area contributed by atoms with Crippen LogP contribution >= 0.6 is 0 Å². The van der Waals surface area contributed by atoms with Gasteiger partial charge in [0.25, 0.3) is 0 Å². The molecule has 0 aliphatic heterocycles. The molecule has 0 aromatic heterocycles. The lowest BCUT2D eigenvalue weighted by atomic mass is 10.1. The van der Waals surface area contributed by atoms with Crippen LogP contribution in [-0.4, -0.2) is 27.1 Å². The summed E-state index contributed by atoms with van der Waals surface area (Å²) in [6.45, 7) is 3.37. The Morgan fingerprint density at radius 3 is 2.40 bits per heavy atom. The van der Waals surface area contributed by atoms with E-state index < -0.39 is 28.3 Å². The number of sulfonamides is 1. The van der Waals surface area contributed by atoms with Gasteiger partial charge in [-0.05, 0) is 37.6 Å².